The summed E-state index contributed by atoms with van der Waals surface area (Å²) in [5.41, 5.74) is 0.371. The second-order valence-electron chi connectivity index (χ2n) is 5.09. The van der Waals surface area contributed by atoms with Crippen LogP contribution in [-0.2, 0) is 0 Å². The number of aliphatic hydroxyl groups is 1. The molecule has 2 aliphatic rings. The van der Waals surface area contributed by atoms with Crippen molar-refractivity contribution in [2.75, 3.05) is 0 Å². The van der Waals surface area contributed by atoms with E-state index in [0.717, 1.165) is 6.42 Å². The van der Waals surface area contributed by atoms with Crippen molar-refractivity contribution in [1.29, 1.82) is 0 Å². The van der Waals surface area contributed by atoms with Crippen molar-refractivity contribution < 1.29 is 5.11 Å². The Hall–Kier alpha value is -0.0800. The zero-order chi connectivity index (χ0) is 10.0. The fourth-order valence-electron chi connectivity index (χ4n) is 3.15. The number of nitrogens with one attached hydrogen (secondary N) is 1. The Morgan fingerprint density at radius 1 is 1.21 bits per heavy atom. The number of hydrogen-bond acceptors (Lipinski definition) is 2. The van der Waals surface area contributed by atoms with Gasteiger partial charge in [-0.05, 0) is 38.5 Å². The summed E-state index contributed by atoms with van der Waals surface area (Å²) in [6.45, 7) is 2.28. The Morgan fingerprint density at radius 2 is 1.93 bits per heavy atom. The molecule has 0 spiro atoms. The molecular formula is C12H23NO. The summed E-state index contributed by atoms with van der Waals surface area (Å²) in [6, 6.07) is 0.382. The van der Waals surface area contributed by atoms with Crippen LogP contribution in [0.15, 0.2) is 0 Å². The van der Waals surface area contributed by atoms with Crippen molar-refractivity contribution >= 4 is 0 Å². The third-order valence-electron chi connectivity index (χ3n) is 4.21. The molecule has 2 saturated carbocycles. The maximum Gasteiger partial charge on any atom is 0.0693 e. The molecule has 2 fully saturated rings. The van der Waals surface area contributed by atoms with Crippen molar-refractivity contribution in [3.63, 3.8) is 0 Å². The molecule has 14 heavy (non-hydrogen) atoms. The van der Waals surface area contributed by atoms with Crippen molar-refractivity contribution in [3.05, 3.63) is 0 Å². The predicted octanol–water partition coefficient (Wildman–Crippen LogP) is 2.21. The van der Waals surface area contributed by atoms with Gasteiger partial charge in [0.25, 0.3) is 0 Å². The summed E-state index contributed by atoms with van der Waals surface area (Å²) < 4.78 is 0. The molecule has 0 unspecified atom stereocenters. The SMILES string of the molecule is CCC1(N[C@H]2CCC[C@@H]2O)CCCC1. The molecule has 0 amide bonds. The van der Waals surface area contributed by atoms with Crippen LogP contribution in [0.2, 0.25) is 0 Å². The van der Waals surface area contributed by atoms with Gasteiger partial charge in [0.1, 0.15) is 0 Å². The minimum atomic E-state index is -0.0842. The van der Waals surface area contributed by atoms with Crippen molar-refractivity contribution in [3.8, 4) is 0 Å². The molecule has 0 aromatic rings. The molecule has 0 aromatic carbocycles. The highest BCUT2D eigenvalue weighted by atomic mass is 16.3. The normalized spacial score (nSPS) is 36.4. The fourth-order valence-corrected chi connectivity index (χ4v) is 3.15. The van der Waals surface area contributed by atoms with Crippen LogP contribution in [0.4, 0.5) is 0 Å². The summed E-state index contributed by atoms with van der Waals surface area (Å²) in [4.78, 5) is 0. The highest BCUT2D eigenvalue weighted by molar-refractivity contribution is 4.96. The smallest absolute Gasteiger partial charge is 0.0693 e. The minimum absolute atomic E-state index is 0.0842. The Morgan fingerprint density at radius 3 is 2.43 bits per heavy atom. The first-order valence-corrected chi connectivity index (χ1v) is 6.21. The summed E-state index contributed by atoms with van der Waals surface area (Å²) in [7, 11) is 0. The van der Waals surface area contributed by atoms with Gasteiger partial charge in [-0.25, -0.2) is 0 Å². The van der Waals surface area contributed by atoms with Crippen LogP contribution >= 0.6 is 0 Å². The third kappa shape index (κ3) is 1.96. The lowest BCUT2D eigenvalue weighted by Crippen LogP contribution is -2.50. The average molecular weight is 197 g/mol. The van der Waals surface area contributed by atoms with Crippen LogP contribution in [0.5, 0.6) is 0 Å². The van der Waals surface area contributed by atoms with E-state index in [9.17, 15) is 5.11 Å². The van der Waals surface area contributed by atoms with Crippen molar-refractivity contribution in [2.45, 2.75) is 76.0 Å². The molecule has 2 nitrogen and oxygen atoms in total. The van der Waals surface area contributed by atoms with E-state index in [1.165, 1.54) is 44.9 Å². The number of hydrogen-bond donors (Lipinski definition) is 2. The molecule has 2 aliphatic carbocycles. The van der Waals surface area contributed by atoms with Gasteiger partial charge in [-0.15, -0.1) is 0 Å². The Balaban J connectivity index is 1.93. The highest BCUT2D eigenvalue weighted by Crippen LogP contribution is 2.34. The van der Waals surface area contributed by atoms with Gasteiger partial charge in [-0.1, -0.05) is 19.8 Å². The van der Waals surface area contributed by atoms with Gasteiger partial charge in [0, 0.05) is 11.6 Å². The highest BCUT2D eigenvalue weighted by Gasteiger charge is 2.36. The quantitative estimate of drug-likeness (QED) is 0.727. The Bertz CT molecular complexity index is 187. The van der Waals surface area contributed by atoms with Crippen LogP contribution in [0, 0.1) is 0 Å². The lowest BCUT2D eigenvalue weighted by molar-refractivity contribution is 0.125. The molecule has 82 valence electrons. The molecular weight excluding hydrogens is 174 g/mol. The lowest BCUT2D eigenvalue weighted by atomic mass is 9.92. The molecule has 0 heterocycles. The maximum atomic E-state index is 9.80. The van der Waals surface area contributed by atoms with Crippen LogP contribution in [0.3, 0.4) is 0 Å². The summed E-state index contributed by atoms with van der Waals surface area (Å²) in [5, 5.41) is 13.5. The Labute approximate surface area is 87.1 Å². The largest absolute Gasteiger partial charge is 0.392 e. The van der Waals surface area contributed by atoms with Gasteiger partial charge in [0.2, 0.25) is 0 Å². The predicted molar refractivity (Wildman–Crippen MR) is 58.3 cm³/mol. The van der Waals surface area contributed by atoms with Gasteiger partial charge in [-0.3, -0.25) is 0 Å². The molecule has 2 rings (SSSR count). The fraction of sp³-hybridized carbons (Fsp3) is 1.00. The molecule has 0 radical (unpaired) electrons. The van der Waals surface area contributed by atoms with Crippen LogP contribution in [-0.4, -0.2) is 22.8 Å². The van der Waals surface area contributed by atoms with Crippen molar-refractivity contribution in [2.24, 2.45) is 0 Å². The molecule has 0 aromatic heterocycles. The second-order valence-corrected chi connectivity index (χ2v) is 5.09. The van der Waals surface area contributed by atoms with E-state index < -0.39 is 0 Å². The van der Waals surface area contributed by atoms with Gasteiger partial charge in [-0.2, -0.15) is 0 Å². The first kappa shape index (κ1) is 10.4. The Kier molecular flexibility index (Phi) is 3.13. The van der Waals surface area contributed by atoms with E-state index in [2.05, 4.69) is 12.2 Å². The zero-order valence-electron chi connectivity index (χ0n) is 9.26. The van der Waals surface area contributed by atoms with E-state index in [1.54, 1.807) is 0 Å². The average Bonchev–Trinajstić information content (AvgIpc) is 2.79. The molecule has 0 saturated heterocycles. The second kappa shape index (κ2) is 4.19. The lowest BCUT2D eigenvalue weighted by Gasteiger charge is -2.34. The summed E-state index contributed by atoms with van der Waals surface area (Å²) >= 11 is 0. The first-order chi connectivity index (χ1) is 6.76. The van der Waals surface area contributed by atoms with Gasteiger partial charge < -0.3 is 10.4 Å². The standard InChI is InChI=1S/C12H23NO/c1-2-12(8-3-4-9-12)13-10-6-5-7-11(10)14/h10-11,13-14H,2-9H2,1H3/t10-,11-/m0/s1. The monoisotopic (exact) mass is 197 g/mol. The molecule has 2 atom stereocenters. The van der Waals surface area contributed by atoms with Crippen LogP contribution in [0.1, 0.15) is 58.3 Å². The zero-order valence-corrected chi connectivity index (χ0v) is 9.26. The minimum Gasteiger partial charge on any atom is -0.392 e. The van der Waals surface area contributed by atoms with Gasteiger partial charge >= 0.3 is 0 Å². The van der Waals surface area contributed by atoms with Crippen LogP contribution < -0.4 is 5.32 Å². The van der Waals surface area contributed by atoms with E-state index >= 15 is 0 Å². The van der Waals surface area contributed by atoms with Gasteiger partial charge in [0.15, 0.2) is 0 Å². The van der Waals surface area contributed by atoms with E-state index in [-0.39, 0.29) is 6.10 Å². The van der Waals surface area contributed by atoms with E-state index in [0.29, 0.717) is 11.6 Å². The van der Waals surface area contributed by atoms with E-state index in [4.69, 9.17) is 0 Å². The number of aliphatic hydroxyl groups excluding tert-OH is 1. The first-order valence-electron chi connectivity index (χ1n) is 6.21. The molecule has 2 N–H and O–H groups in total. The molecule has 0 aliphatic heterocycles. The van der Waals surface area contributed by atoms with E-state index in [1.807, 2.05) is 0 Å². The molecule has 2 heteroatoms. The topological polar surface area (TPSA) is 32.3 Å². The summed E-state index contributed by atoms with van der Waals surface area (Å²) in [5.74, 6) is 0. The number of rotatable bonds is 3. The summed E-state index contributed by atoms with van der Waals surface area (Å²) in [6.07, 6.45) is 9.85. The van der Waals surface area contributed by atoms with Gasteiger partial charge in [0.05, 0.1) is 6.10 Å². The van der Waals surface area contributed by atoms with Crippen LogP contribution in [0.25, 0.3) is 0 Å². The third-order valence-corrected chi connectivity index (χ3v) is 4.21. The maximum absolute atomic E-state index is 9.80. The molecule has 0 bridgehead atoms. The van der Waals surface area contributed by atoms with Crippen molar-refractivity contribution in [1.82, 2.24) is 5.32 Å².